The number of carbonyl (C=O) groups is 1. The SMILES string of the molecule is COc1ccc([C@H](Cc2c(Cl)cncc2Cl)OC(=O)c2ccc(CNc3cccc(O)c3F)cc2)cc1OC. The number of halogens is 3. The number of aromatic nitrogens is 1. The van der Waals surface area contributed by atoms with Crippen LogP contribution in [0.15, 0.2) is 73.1 Å². The number of phenols is 1. The van der Waals surface area contributed by atoms with Crippen molar-refractivity contribution in [3.63, 3.8) is 0 Å². The highest BCUT2D eigenvalue weighted by Crippen LogP contribution is 2.35. The van der Waals surface area contributed by atoms with Crippen LogP contribution in [-0.4, -0.2) is 30.3 Å². The van der Waals surface area contributed by atoms with Gasteiger partial charge in [-0.05, 0) is 53.1 Å². The van der Waals surface area contributed by atoms with Gasteiger partial charge in [-0.25, -0.2) is 9.18 Å². The van der Waals surface area contributed by atoms with Crippen LogP contribution >= 0.6 is 23.2 Å². The highest BCUT2D eigenvalue weighted by atomic mass is 35.5. The van der Waals surface area contributed by atoms with Crippen molar-refractivity contribution in [3.05, 3.63) is 111 Å². The number of hydrogen-bond donors (Lipinski definition) is 2. The lowest BCUT2D eigenvalue weighted by atomic mass is 10.0. The van der Waals surface area contributed by atoms with E-state index in [9.17, 15) is 14.3 Å². The third kappa shape index (κ3) is 6.71. The summed E-state index contributed by atoms with van der Waals surface area (Å²) in [7, 11) is 3.05. The number of aromatic hydroxyl groups is 1. The number of methoxy groups -OCH3 is 2. The Bertz CT molecular complexity index is 1450. The monoisotopic (exact) mass is 570 g/mol. The second kappa shape index (κ2) is 12.7. The van der Waals surface area contributed by atoms with Crippen molar-refractivity contribution in [1.82, 2.24) is 4.98 Å². The third-order valence-electron chi connectivity index (χ3n) is 6.02. The molecule has 0 saturated carbocycles. The molecule has 1 atom stereocenters. The van der Waals surface area contributed by atoms with Crippen molar-refractivity contribution in [3.8, 4) is 17.2 Å². The van der Waals surface area contributed by atoms with E-state index in [1.165, 1.54) is 38.7 Å². The Morgan fingerprint density at radius 1 is 1.00 bits per heavy atom. The summed E-state index contributed by atoms with van der Waals surface area (Å²) in [6.07, 6.45) is 2.39. The number of esters is 1. The maximum Gasteiger partial charge on any atom is 0.338 e. The first-order valence-electron chi connectivity index (χ1n) is 11.8. The molecule has 0 bridgehead atoms. The number of carbonyl (C=O) groups excluding carboxylic acids is 1. The zero-order chi connectivity index (χ0) is 27.9. The van der Waals surface area contributed by atoms with Gasteiger partial charge in [0.05, 0.1) is 35.5 Å². The summed E-state index contributed by atoms with van der Waals surface area (Å²) in [6, 6.07) is 16.3. The van der Waals surface area contributed by atoms with Gasteiger partial charge in [-0.15, -0.1) is 0 Å². The summed E-state index contributed by atoms with van der Waals surface area (Å²) in [5.74, 6) is -0.719. The summed E-state index contributed by atoms with van der Waals surface area (Å²) in [5, 5.41) is 13.2. The van der Waals surface area contributed by atoms with Gasteiger partial charge in [0.25, 0.3) is 0 Å². The van der Waals surface area contributed by atoms with Gasteiger partial charge < -0.3 is 24.6 Å². The molecule has 0 aliphatic rings. The van der Waals surface area contributed by atoms with E-state index in [1.807, 2.05) is 0 Å². The lowest BCUT2D eigenvalue weighted by Gasteiger charge is -2.21. The van der Waals surface area contributed by atoms with E-state index in [0.717, 1.165) is 5.56 Å². The van der Waals surface area contributed by atoms with Crippen LogP contribution in [0.1, 0.15) is 33.2 Å². The molecule has 202 valence electrons. The number of rotatable bonds is 10. The standard InChI is InChI=1S/C29H25Cl2FN2O5/c1-37-25-11-10-19(12-27(25)38-2)26(13-20-21(30)15-33-16-22(20)31)39-29(36)18-8-6-17(7-9-18)14-34-23-4-3-5-24(35)28(23)32/h3-12,15-16,26,34-35H,13-14H2,1-2H3/t26-/m0/s1. The fraction of sp³-hybridized carbons (Fsp3) is 0.172. The Morgan fingerprint density at radius 3 is 2.36 bits per heavy atom. The van der Waals surface area contributed by atoms with E-state index < -0.39 is 23.6 Å². The van der Waals surface area contributed by atoms with Crippen LogP contribution in [0.2, 0.25) is 10.0 Å². The van der Waals surface area contributed by atoms with Gasteiger partial charge in [-0.3, -0.25) is 4.98 Å². The van der Waals surface area contributed by atoms with Crippen LogP contribution in [0.3, 0.4) is 0 Å². The molecule has 1 aromatic heterocycles. The van der Waals surface area contributed by atoms with Crippen molar-refractivity contribution >= 4 is 34.9 Å². The van der Waals surface area contributed by atoms with E-state index in [4.69, 9.17) is 37.4 Å². The molecule has 3 aromatic carbocycles. The lowest BCUT2D eigenvalue weighted by Crippen LogP contribution is -2.15. The molecule has 7 nitrogen and oxygen atoms in total. The van der Waals surface area contributed by atoms with E-state index in [2.05, 4.69) is 10.3 Å². The Balaban J connectivity index is 1.54. The minimum absolute atomic E-state index is 0.171. The Kier molecular flexibility index (Phi) is 9.11. The predicted molar refractivity (Wildman–Crippen MR) is 147 cm³/mol. The Hall–Kier alpha value is -4.01. The largest absolute Gasteiger partial charge is 0.505 e. The minimum atomic E-state index is -0.759. The molecule has 0 fully saturated rings. The molecule has 0 saturated heterocycles. The quantitative estimate of drug-likeness (QED) is 0.198. The molecule has 0 spiro atoms. The molecule has 1 heterocycles. The molecule has 2 N–H and O–H groups in total. The number of nitrogens with one attached hydrogen (secondary N) is 1. The highest BCUT2D eigenvalue weighted by molar-refractivity contribution is 6.35. The number of benzene rings is 3. The number of anilines is 1. The van der Waals surface area contributed by atoms with Crippen LogP contribution in [0.4, 0.5) is 10.1 Å². The van der Waals surface area contributed by atoms with Crippen LogP contribution in [0, 0.1) is 5.82 Å². The second-order valence-corrected chi connectivity index (χ2v) is 9.30. The number of nitrogens with zero attached hydrogens (tertiary/aromatic N) is 1. The zero-order valence-corrected chi connectivity index (χ0v) is 22.6. The van der Waals surface area contributed by atoms with E-state index >= 15 is 0 Å². The van der Waals surface area contributed by atoms with Gasteiger partial charge in [-0.2, -0.15) is 0 Å². The summed E-state index contributed by atoms with van der Waals surface area (Å²) in [4.78, 5) is 17.2. The fourth-order valence-electron chi connectivity index (χ4n) is 3.91. The zero-order valence-electron chi connectivity index (χ0n) is 21.1. The normalized spacial score (nSPS) is 11.5. The number of pyridine rings is 1. The molecule has 0 unspecified atom stereocenters. The van der Waals surface area contributed by atoms with Gasteiger partial charge in [-0.1, -0.05) is 47.5 Å². The van der Waals surface area contributed by atoms with Crippen molar-refractivity contribution in [2.75, 3.05) is 19.5 Å². The maximum absolute atomic E-state index is 14.0. The minimum Gasteiger partial charge on any atom is -0.505 e. The first kappa shape index (κ1) is 28.0. The summed E-state index contributed by atoms with van der Waals surface area (Å²) < 4.78 is 30.7. The average molecular weight is 571 g/mol. The van der Waals surface area contributed by atoms with E-state index in [-0.39, 0.29) is 18.7 Å². The molecule has 0 radical (unpaired) electrons. The molecule has 10 heteroatoms. The number of phenolic OH excluding ortho intramolecular Hbond substituents is 1. The highest BCUT2D eigenvalue weighted by Gasteiger charge is 2.23. The van der Waals surface area contributed by atoms with Crippen LogP contribution in [0.5, 0.6) is 17.2 Å². The Labute approximate surface area is 235 Å². The fourth-order valence-corrected chi connectivity index (χ4v) is 4.43. The molecular formula is C29H25Cl2FN2O5. The van der Waals surface area contributed by atoms with E-state index in [0.29, 0.717) is 38.2 Å². The van der Waals surface area contributed by atoms with Crippen molar-refractivity contribution in [2.24, 2.45) is 0 Å². The first-order valence-corrected chi connectivity index (χ1v) is 12.6. The predicted octanol–water partition coefficient (Wildman–Crippen LogP) is 7.00. The van der Waals surface area contributed by atoms with Gasteiger partial charge in [0.15, 0.2) is 23.1 Å². The molecule has 0 aliphatic heterocycles. The molecule has 39 heavy (non-hydrogen) atoms. The Morgan fingerprint density at radius 2 is 1.69 bits per heavy atom. The van der Waals surface area contributed by atoms with Crippen molar-refractivity contribution in [1.29, 1.82) is 0 Å². The van der Waals surface area contributed by atoms with Crippen LogP contribution in [-0.2, 0) is 17.7 Å². The smallest absolute Gasteiger partial charge is 0.338 e. The van der Waals surface area contributed by atoms with Crippen molar-refractivity contribution < 1.29 is 28.5 Å². The molecular weight excluding hydrogens is 546 g/mol. The summed E-state index contributed by atoms with van der Waals surface area (Å²) in [5.41, 5.74) is 2.52. The number of ether oxygens (including phenoxy) is 3. The van der Waals surface area contributed by atoms with Crippen LogP contribution in [0.25, 0.3) is 0 Å². The first-order chi connectivity index (χ1) is 18.8. The van der Waals surface area contributed by atoms with Crippen molar-refractivity contribution in [2.45, 2.75) is 19.1 Å². The molecule has 0 amide bonds. The summed E-state index contributed by atoms with van der Waals surface area (Å²) in [6.45, 7) is 0.281. The molecule has 0 aliphatic carbocycles. The molecule has 4 aromatic rings. The summed E-state index contributed by atoms with van der Waals surface area (Å²) >= 11 is 12.7. The van der Waals surface area contributed by atoms with E-state index in [1.54, 1.807) is 48.5 Å². The van der Waals surface area contributed by atoms with Gasteiger partial charge in [0.1, 0.15) is 6.10 Å². The number of hydrogen-bond acceptors (Lipinski definition) is 7. The van der Waals surface area contributed by atoms with Gasteiger partial charge in [0.2, 0.25) is 0 Å². The molecule has 4 rings (SSSR count). The topological polar surface area (TPSA) is 89.9 Å². The average Bonchev–Trinajstić information content (AvgIpc) is 2.95. The lowest BCUT2D eigenvalue weighted by molar-refractivity contribution is 0.0297. The maximum atomic E-state index is 14.0. The van der Waals surface area contributed by atoms with Crippen LogP contribution < -0.4 is 14.8 Å². The van der Waals surface area contributed by atoms with Gasteiger partial charge >= 0.3 is 5.97 Å². The second-order valence-electron chi connectivity index (χ2n) is 8.48. The van der Waals surface area contributed by atoms with Gasteiger partial charge in [0, 0.05) is 25.4 Å². The third-order valence-corrected chi connectivity index (χ3v) is 6.67.